The number of aryl methyl sites for hydroxylation is 2. The number of allylic oxidation sites excluding steroid dienone is 1. The number of benzene rings is 3. The molecule has 3 aromatic carbocycles. The zero-order chi connectivity index (χ0) is 30.4. The van der Waals surface area contributed by atoms with Gasteiger partial charge in [0.15, 0.2) is 0 Å². The van der Waals surface area contributed by atoms with Gasteiger partial charge in [-0.05, 0) is 83.8 Å². The van der Waals surface area contributed by atoms with Crippen molar-refractivity contribution in [3.05, 3.63) is 106 Å². The minimum atomic E-state index is -0.882. The van der Waals surface area contributed by atoms with Gasteiger partial charge in [-0.25, -0.2) is 5.84 Å². The van der Waals surface area contributed by atoms with Gasteiger partial charge in [-0.15, -0.1) is 0 Å². The summed E-state index contributed by atoms with van der Waals surface area (Å²) in [4.78, 5) is 28.2. The molecule has 8 bridgehead atoms. The molecule has 1 aromatic heterocycles. The number of carbonyl (C=O) groups is 2. The number of anilines is 2. The number of nitrogen functional groups attached to an aromatic ring is 1. The van der Waals surface area contributed by atoms with Crippen LogP contribution in [0.4, 0.5) is 11.4 Å². The standard InChI is InChI=1S/C35H39N5O3/c1-21-28-11-13-30(33(21)36)40(37)15-6-4-5-7-23-8-12-29-26(17-23)19-31(38(29)3)34(41)39-16-14-24-9-10-25(18-27(24)20-39)32(28)22(2)35(42)43/h4,6,8-13,17-19,22,32H,5,7,14-16,20,36-37H2,1-3H3,(H,42,43)/b6-4+/t22-,32+/m0/s1. The third-order valence-electron chi connectivity index (χ3n) is 9.35. The lowest BCUT2D eigenvalue weighted by Crippen LogP contribution is -2.37. The van der Waals surface area contributed by atoms with Crippen LogP contribution in [-0.4, -0.2) is 39.5 Å². The number of rotatable bonds is 2. The summed E-state index contributed by atoms with van der Waals surface area (Å²) in [6.07, 6.45) is 6.64. The molecule has 0 spiro atoms. The van der Waals surface area contributed by atoms with E-state index in [4.69, 9.17) is 11.6 Å². The van der Waals surface area contributed by atoms with Crippen LogP contribution in [0.2, 0.25) is 0 Å². The van der Waals surface area contributed by atoms with Gasteiger partial charge < -0.3 is 25.3 Å². The largest absolute Gasteiger partial charge is 0.481 e. The second kappa shape index (κ2) is 11.3. The number of carbonyl (C=O) groups excluding carboxylic acids is 1. The molecule has 2 atom stereocenters. The highest BCUT2D eigenvalue weighted by molar-refractivity contribution is 5.99. The van der Waals surface area contributed by atoms with Crippen molar-refractivity contribution in [2.24, 2.45) is 18.8 Å². The second-order valence-electron chi connectivity index (χ2n) is 12.0. The third kappa shape index (κ3) is 5.16. The first-order valence-corrected chi connectivity index (χ1v) is 14.9. The van der Waals surface area contributed by atoms with Crippen LogP contribution < -0.4 is 16.6 Å². The Balaban J connectivity index is 1.47. The summed E-state index contributed by atoms with van der Waals surface area (Å²) in [5.41, 5.74) is 15.6. The minimum absolute atomic E-state index is 0.00220. The number of hydrogen-bond acceptors (Lipinski definition) is 5. The first kappa shape index (κ1) is 28.6. The fraction of sp³-hybridized carbons (Fsp3) is 0.314. The average Bonchev–Trinajstić information content (AvgIpc) is 3.33. The van der Waals surface area contributed by atoms with E-state index in [1.165, 1.54) is 11.1 Å². The van der Waals surface area contributed by atoms with E-state index in [1.54, 1.807) is 11.9 Å². The highest BCUT2D eigenvalue weighted by Gasteiger charge is 2.31. The quantitative estimate of drug-likeness (QED) is 0.169. The molecule has 3 aliphatic heterocycles. The summed E-state index contributed by atoms with van der Waals surface area (Å²) in [7, 11) is 1.95. The normalized spacial score (nSPS) is 18.7. The van der Waals surface area contributed by atoms with Crippen LogP contribution in [-0.2, 0) is 31.2 Å². The molecule has 0 aliphatic carbocycles. The Labute approximate surface area is 252 Å². The van der Waals surface area contributed by atoms with Gasteiger partial charge in [0.1, 0.15) is 5.69 Å². The fourth-order valence-electron chi connectivity index (χ4n) is 6.72. The molecule has 43 heavy (non-hydrogen) atoms. The molecule has 5 N–H and O–H groups in total. The SMILES string of the molecule is Cc1c2ccc(c1N)N(N)C/C=C/CCc1ccc3c(c1)cc(n3C)C(=O)N1CCc3ccc(cc3C1)[C@H]2[C@H](C)C(=O)O. The predicted molar refractivity (Wildman–Crippen MR) is 171 cm³/mol. The Morgan fingerprint density at radius 2 is 1.84 bits per heavy atom. The number of nitrogens with zero attached hydrogens (tertiary/aromatic N) is 3. The van der Waals surface area contributed by atoms with Gasteiger partial charge >= 0.3 is 5.97 Å². The van der Waals surface area contributed by atoms with Crippen molar-refractivity contribution in [1.29, 1.82) is 0 Å². The van der Waals surface area contributed by atoms with Gasteiger partial charge in [0.25, 0.3) is 5.91 Å². The summed E-state index contributed by atoms with van der Waals surface area (Å²) in [6.45, 7) is 5.26. The summed E-state index contributed by atoms with van der Waals surface area (Å²) in [5.74, 6) is 4.44. The highest BCUT2D eigenvalue weighted by atomic mass is 16.4. The molecule has 0 fully saturated rings. The zero-order valence-electron chi connectivity index (χ0n) is 25.0. The van der Waals surface area contributed by atoms with Crippen molar-refractivity contribution >= 4 is 34.2 Å². The molecule has 3 aliphatic rings. The van der Waals surface area contributed by atoms with Crippen molar-refractivity contribution in [3.8, 4) is 0 Å². The van der Waals surface area contributed by atoms with Crippen LogP contribution in [0.15, 0.2) is 66.7 Å². The summed E-state index contributed by atoms with van der Waals surface area (Å²) in [6, 6.07) is 18.5. The fourth-order valence-corrected chi connectivity index (χ4v) is 6.72. The van der Waals surface area contributed by atoms with Crippen molar-refractivity contribution in [1.82, 2.24) is 9.47 Å². The Hall–Kier alpha value is -4.56. The summed E-state index contributed by atoms with van der Waals surface area (Å²) in [5, 5.41) is 12.8. The van der Waals surface area contributed by atoms with E-state index < -0.39 is 17.8 Å². The van der Waals surface area contributed by atoms with Gasteiger partial charge in [-0.2, -0.15) is 0 Å². The number of nitrogens with two attached hydrogens (primary N) is 2. The molecular formula is C35H39N5O3. The number of aromatic nitrogens is 1. The lowest BCUT2D eigenvalue weighted by atomic mass is 9.78. The van der Waals surface area contributed by atoms with E-state index in [0.717, 1.165) is 52.4 Å². The first-order chi connectivity index (χ1) is 20.6. The Morgan fingerprint density at radius 1 is 1.02 bits per heavy atom. The van der Waals surface area contributed by atoms with Crippen LogP contribution in [0, 0.1) is 12.8 Å². The second-order valence-corrected chi connectivity index (χ2v) is 12.0. The zero-order valence-corrected chi connectivity index (χ0v) is 25.0. The maximum absolute atomic E-state index is 13.9. The van der Waals surface area contributed by atoms with Crippen molar-refractivity contribution in [2.75, 3.05) is 23.8 Å². The Morgan fingerprint density at radius 3 is 2.63 bits per heavy atom. The third-order valence-corrected chi connectivity index (χ3v) is 9.35. The van der Waals surface area contributed by atoms with Gasteiger partial charge in [0.05, 0.1) is 23.8 Å². The Bertz CT molecular complexity index is 1770. The number of aliphatic carboxylic acids is 1. The van der Waals surface area contributed by atoms with E-state index in [2.05, 4.69) is 36.4 Å². The summed E-state index contributed by atoms with van der Waals surface area (Å²) < 4.78 is 1.99. The highest BCUT2D eigenvalue weighted by Crippen LogP contribution is 2.40. The van der Waals surface area contributed by atoms with E-state index in [0.29, 0.717) is 36.7 Å². The minimum Gasteiger partial charge on any atom is -0.481 e. The predicted octanol–water partition coefficient (Wildman–Crippen LogP) is 5.30. The number of hydrazine groups is 1. The number of fused-ring (bicyclic) bond motifs is 6. The van der Waals surface area contributed by atoms with E-state index in [1.807, 2.05) is 53.8 Å². The molecule has 0 radical (unpaired) electrons. The van der Waals surface area contributed by atoms with Crippen LogP contribution in [0.5, 0.6) is 0 Å². The van der Waals surface area contributed by atoms with E-state index >= 15 is 0 Å². The smallest absolute Gasteiger partial charge is 0.307 e. The monoisotopic (exact) mass is 577 g/mol. The van der Waals surface area contributed by atoms with Crippen LogP contribution in [0.3, 0.4) is 0 Å². The van der Waals surface area contributed by atoms with Crippen LogP contribution in [0.25, 0.3) is 10.9 Å². The molecule has 1 amide bonds. The van der Waals surface area contributed by atoms with Crippen LogP contribution in [0.1, 0.15) is 63.1 Å². The molecule has 4 heterocycles. The first-order valence-electron chi connectivity index (χ1n) is 14.9. The maximum Gasteiger partial charge on any atom is 0.307 e. The van der Waals surface area contributed by atoms with Gasteiger partial charge in [0, 0.05) is 37.0 Å². The molecule has 7 rings (SSSR count). The van der Waals surface area contributed by atoms with Crippen molar-refractivity contribution < 1.29 is 14.7 Å². The van der Waals surface area contributed by atoms with Gasteiger partial charge in [0.2, 0.25) is 0 Å². The number of amides is 1. The molecule has 0 saturated carbocycles. The van der Waals surface area contributed by atoms with E-state index in [-0.39, 0.29) is 5.91 Å². The lowest BCUT2D eigenvalue weighted by molar-refractivity contribution is -0.141. The molecule has 0 unspecified atom stereocenters. The maximum atomic E-state index is 13.9. The molecular weight excluding hydrogens is 538 g/mol. The van der Waals surface area contributed by atoms with Gasteiger partial charge in [-0.1, -0.05) is 49.4 Å². The number of carboxylic acid groups (broad SMARTS) is 1. The lowest BCUT2D eigenvalue weighted by Gasteiger charge is -2.31. The van der Waals surface area contributed by atoms with Crippen molar-refractivity contribution in [2.45, 2.75) is 45.6 Å². The van der Waals surface area contributed by atoms with Crippen LogP contribution >= 0.6 is 0 Å². The molecule has 0 saturated heterocycles. The molecule has 222 valence electrons. The topological polar surface area (TPSA) is 118 Å². The number of hydrogen-bond donors (Lipinski definition) is 3. The van der Waals surface area contributed by atoms with Gasteiger partial charge in [-0.3, -0.25) is 9.59 Å². The van der Waals surface area contributed by atoms with Crippen molar-refractivity contribution in [3.63, 3.8) is 0 Å². The average molecular weight is 578 g/mol. The molecule has 4 aromatic rings. The summed E-state index contributed by atoms with van der Waals surface area (Å²) >= 11 is 0. The van der Waals surface area contributed by atoms with E-state index in [9.17, 15) is 14.7 Å². The number of carboxylic acids is 1. The molecule has 8 nitrogen and oxygen atoms in total. The molecule has 8 heteroatoms. The Kier molecular flexibility index (Phi) is 7.48.